The number of hydrogen-bond donors (Lipinski definition) is 1. The van der Waals surface area contributed by atoms with E-state index in [1.165, 1.54) is 0 Å². The van der Waals surface area contributed by atoms with Gasteiger partial charge in [0.05, 0.1) is 6.04 Å². The van der Waals surface area contributed by atoms with E-state index >= 15 is 0 Å². The molecule has 0 saturated carbocycles. The number of nitrogens with one attached hydrogen (secondary N) is 1. The zero-order valence-corrected chi connectivity index (χ0v) is 9.50. The number of hydrogen-bond acceptors (Lipinski definition) is 4. The second kappa shape index (κ2) is 6.46. The molecule has 0 fully saturated rings. The second-order valence-corrected chi connectivity index (χ2v) is 4.32. The highest BCUT2D eigenvalue weighted by Crippen LogP contribution is 2.15. The quantitative estimate of drug-likeness (QED) is 0.410. The zero-order valence-electron chi connectivity index (χ0n) is 8.50. The van der Waals surface area contributed by atoms with Crippen LogP contribution in [0.1, 0.15) is 27.7 Å². The molecule has 0 aromatic carbocycles. The number of rotatable bonds is 5. The monoisotopic (exact) mass is 190 g/mol. The molecule has 0 aliphatic carbocycles. The molecule has 5 heteroatoms. The average Bonchev–Trinajstić information content (AvgIpc) is 1.84. The maximum Gasteiger partial charge on any atom is 0.113 e. The molecule has 0 heterocycles. The van der Waals surface area contributed by atoms with Crippen molar-refractivity contribution < 1.29 is 0 Å². The van der Waals surface area contributed by atoms with Gasteiger partial charge >= 0.3 is 0 Å². The Morgan fingerprint density at radius 3 is 2.25 bits per heavy atom. The Kier molecular flexibility index (Phi) is 6.44. The molecule has 0 aliphatic rings. The van der Waals surface area contributed by atoms with E-state index in [0.29, 0.717) is 21.0 Å². The van der Waals surface area contributed by atoms with Gasteiger partial charge in [0.15, 0.2) is 0 Å². The topological polar surface area (TPSA) is 40.0 Å². The van der Waals surface area contributed by atoms with Gasteiger partial charge in [0.1, 0.15) is 8.88 Å². The van der Waals surface area contributed by atoms with Crippen LogP contribution in [-0.4, -0.2) is 23.9 Å². The molecule has 0 rings (SSSR count). The highest BCUT2D eigenvalue weighted by atomic mass is 31.1. The molecular weight excluding hydrogens is 171 g/mol. The lowest BCUT2D eigenvalue weighted by Gasteiger charge is -2.17. The van der Waals surface area contributed by atoms with Crippen molar-refractivity contribution in [2.24, 2.45) is 10.00 Å². The lowest BCUT2D eigenvalue weighted by Crippen LogP contribution is -2.33. The van der Waals surface area contributed by atoms with Crippen molar-refractivity contribution in [2.45, 2.75) is 39.8 Å². The van der Waals surface area contributed by atoms with Crippen molar-refractivity contribution >= 4 is 8.88 Å². The van der Waals surface area contributed by atoms with Gasteiger partial charge in [-0.2, -0.15) is 10.00 Å². The second-order valence-electron chi connectivity index (χ2n) is 3.25. The molecule has 0 saturated heterocycles. The summed E-state index contributed by atoms with van der Waals surface area (Å²) in [5, 5.41) is 4.03. The SMILES string of the molecule is CC(C)N=NPN(C)NC(C)C. The van der Waals surface area contributed by atoms with E-state index in [1.54, 1.807) is 0 Å². The van der Waals surface area contributed by atoms with Crippen molar-refractivity contribution in [2.75, 3.05) is 7.05 Å². The fourth-order valence-electron chi connectivity index (χ4n) is 0.625. The van der Waals surface area contributed by atoms with Crippen LogP contribution in [0.4, 0.5) is 0 Å². The molecule has 0 spiro atoms. The van der Waals surface area contributed by atoms with E-state index in [-0.39, 0.29) is 0 Å². The third-order valence-corrected chi connectivity index (χ3v) is 1.57. The van der Waals surface area contributed by atoms with Crippen LogP contribution in [0.15, 0.2) is 10.00 Å². The van der Waals surface area contributed by atoms with Gasteiger partial charge in [0, 0.05) is 13.1 Å². The van der Waals surface area contributed by atoms with Crippen LogP contribution in [0.3, 0.4) is 0 Å². The van der Waals surface area contributed by atoms with Crippen LogP contribution in [0.5, 0.6) is 0 Å². The summed E-state index contributed by atoms with van der Waals surface area (Å²) >= 11 is 0. The average molecular weight is 190 g/mol. The Labute approximate surface area is 76.7 Å². The maximum atomic E-state index is 4.04. The minimum absolute atomic E-state index is 0.296. The van der Waals surface area contributed by atoms with Gasteiger partial charge in [-0.3, -0.25) is 0 Å². The van der Waals surface area contributed by atoms with E-state index in [0.717, 1.165) is 0 Å². The zero-order chi connectivity index (χ0) is 9.56. The first-order chi connectivity index (χ1) is 5.52. The van der Waals surface area contributed by atoms with Crippen molar-refractivity contribution in [1.29, 1.82) is 0 Å². The van der Waals surface area contributed by atoms with Crippen LogP contribution in [0.2, 0.25) is 0 Å². The number of hydrazine groups is 1. The molecule has 1 atom stereocenters. The van der Waals surface area contributed by atoms with E-state index in [1.807, 2.05) is 25.7 Å². The fourth-order valence-corrected chi connectivity index (χ4v) is 1.36. The molecule has 1 N–H and O–H groups in total. The largest absolute Gasteiger partial charge is 0.248 e. The lowest BCUT2D eigenvalue weighted by molar-refractivity contribution is 0.360. The molecule has 0 bridgehead atoms. The first-order valence-corrected chi connectivity index (χ1v) is 5.07. The summed E-state index contributed by atoms with van der Waals surface area (Å²) in [5.41, 5.74) is 3.21. The highest BCUT2D eigenvalue weighted by Gasteiger charge is 1.97. The van der Waals surface area contributed by atoms with Crippen LogP contribution in [0, 0.1) is 0 Å². The van der Waals surface area contributed by atoms with Crippen LogP contribution < -0.4 is 5.43 Å². The summed E-state index contributed by atoms with van der Waals surface area (Å²) in [7, 11) is 2.34. The Morgan fingerprint density at radius 2 is 1.83 bits per heavy atom. The molecule has 12 heavy (non-hydrogen) atoms. The van der Waals surface area contributed by atoms with Crippen molar-refractivity contribution in [3.63, 3.8) is 0 Å². The van der Waals surface area contributed by atoms with Crippen molar-refractivity contribution in [1.82, 2.24) is 10.2 Å². The van der Waals surface area contributed by atoms with E-state index in [9.17, 15) is 0 Å². The van der Waals surface area contributed by atoms with Gasteiger partial charge in [0.2, 0.25) is 0 Å². The Hall–Kier alpha value is -0.0500. The number of nitrogens with zero attached hydrogens (tertiary/aromatic N) is 3. The van der Waals surface area contributed by atoms with Gasteiger partial charge in [0.25, 0.3) is 0 Å². The first-order valence-electron chi connectivity index (χ1n) is 4.17. The summed E-state index contributed by atoms with van der Waals surface area (Å²) in [5.74, 6) is 0. The van der Waals surface area contributed by atoms with E-state index in [4.69, 9.17) is 0 Å². The van der Waals surface area contributed by atoms with Gasteiger partial charge in [-0.05, 0) is 27.7 Å². The molecule has 72 valence electrons. The van der Waals surface area contributed by atoms with Crippen LogP contribution in [0.25, 0.3) is 0 Å². The van der Waals surface area contributed by atoms with Gasteiger partial charge < -0.3 is 0 Å². The molecule has 0 amide bonds. The predicted molar refractivity (Wildman–Crippen MR) is 54.3 cm³/mol. The molecule has 1 unspecified atom stereocenters. The summed E-state index contributed by atoms with van der Waals surface area (Å²) in [6.07, 6.45) is 0. The molecule has 0 aliphatic heterocycles. The standard InChI is InChI=1S/C7H19N4P/c1-6(2)8-10-12-11(5)9-7(3)4/h6-7,9,12H,1-5H3. The predicted octanol–water partition coefficient (Wildman–Crippen LogP) is 2.20. The van der Waals surface area contributed by atoms with Crippen molar-refractivity contribution in [3.05, 3.63) is 0 Å². The van der Waals surface area contributed by atoms with E-state index in [2.05, 4.69) is 29.3 Å². The first kappa shape index (κ1) is 11.9. The molecule has 0 radical (unpaired) electrons. The normalized spacial score (nSPS) is 13.7. The molecule has 0 aromatic rings. The summed E-state index contributed by atoms with van der Waals surface area (Å²) in [6.45, 7) is 8.23. The fraction of sp³-hybridized carbons (Fsp3) is 1.00. The minimum atomic E-state index is 0.296. The maximum absolute atomic E-state index is 4.04. The highest BCUT2D eigenvalue weighted by molar-refractivity contribution is 7.33. The summed E-state index contributed by atoms with van der Waals surface area (Å²) < 4.78 is 1.95. The van der Waals surface area contributed by atoms with Crippen LogP contribution >= 0.6 is 8.88 Å². The van der Waals surface area contributed by atoms with Crippen LogP contribution in [-0.2, 0) is 0 Å². The van der Waals surface area contributed by atoms with Gasteiger partial charge in [-0.25, -0.2) is 10.2 Å². The molecular formula is C7H19N4P. The van der Waals surface area contributed by atoms with E-state index < -0.39 is 0 Å². The molecule has 4 nitrogen and oxygen atoms in total. The third-order valence-electron chi connectivity index (χ3n) is 0.935. The molecule has 0 aromatic heterocycles. The summed E-state index contributed by atoms with van der Waals surface area (Å²) in [4.78, 5) is 4.04. The van der Waals surface area contributed by atoms with Crippen molar-refractivity contribution in [3.8, 4) is 0 Å². The smallest absolute Gasteiger partial charge is 0.113 e. The Bertz CT molecular complexity index is 135. The Balaban J connectivity index is 3.49. The minimum Gasteiger partial charge on any atom is -0.248 e. The van der Waals surface area contributed by atoms with Gasteiger partial charge in [-0.15, -0.1) is 0 Å². The van der Waals surface area contributed by atoms with Gasteiger partial charge in [-0.1, -0.05) is 0 Å². The summed E-state index contributed by atoms with van der Waals surface area (Å²) in [6, 6.07) is 0.752. The third kappa shape index (κ3) is 8.05. The Morgan fingerprint density at radius 1 is 1.25 bits per heavy atom. The lowest BCUT2D eigenvalue weighted by atomic mass is 10.4.